The summed E-state index contributed by atoms with van der Waals surface area (Å²) in [6.45, 7) is 3.63. The second kappa shape index (κ2) is 7.97. The van der Waals surface area contributed by atoms with Gasteiger partial charge in [-0.15, -0.1) is 10.2 Å². The van der Waals surface area contributed by atoms with E-state index in [9.17, 15) is 8.42 Å². The summed E-state index contributed by atoms with van der Waals surface area (Å²) in [7, 11) is 1.19. The largest absolute Gasteiger partial charge is 0.493 e. The maximum atomic E-state index is 12.6. The summed E-state index contributed by atoms with van der Waals surface area (Å²) in [5.74, 6) is 1.67. The van der Waals surface area contributed by atoms with Crippen molar-refractivity contribution < 1.29 is 17.9 Å². The van der Waals surface area contributed by atoms with Crippen molar-refractivity contribution in [2.45, 2.75) is 4.90 Å². The van der Waals surface area contributed by atoms with Crippen LogP contribution in [0, 0.1) is 0 Å². The monoisotopic (exact) mass is 393 g/mol. The summed E-state index contributed by atoms with van der Waals surface area (Å²) in [5.41, 5.74) is 0. The van der Waals surface area contributed by atoms with Crippen LogP contribution in [0.4, 0.5) is 11.6 Å². The second-order valence-corrected chi connectivity index (χ2v) is 7.87. The van der Waals surface area contributed by atoms with E-state index in [0.29, 0.717) is 11.5 Å². The van der Waals surface area contributed by atoms with Crippen LogP contribution >= 0.6 is 0 Å². The number of hydrogen-bond donors (Lipinski definition) is 1. The van der Waals surface area contributed by atoms with Gasteiger partial charge in [0.2, 0.25) is 0 Å². The lowest BCUT2D eigenvalue weighted by Crippen LogP contribution is -2.44. The predicted molar refractivity (Wildman–Crippen MR) is 102 cm³/mol. The molecule has 1 N–H and O–H groups in total. The number of hydrogen-bond acceptors (Lipinski definition) is 8. The molecule has 146 valence electrons. The number of aromatic nitrogens is 2. The average Bonchev–Trinajstić information content (AvgIpc) is 2.68. The molecule has 0 radical (unpaired) electrons. The minimum atomic E-state index is -3.82. The molecular formula is C17H23N5O4S. The van der Waals surface area contributed by atoms with Gasteiger partial charge < -0.3 is 19.3 Å². The van der Waals surface area contributed by atoms with Crippen molar-refractivity contribution in [3.05, 3.63) is 30.3 Å². The Bertz CT molecular complexity index is 881. The first-order valence-electron chi connectivity index (χ1n) is 8.45. The van der Waals surface area contributed by atoms with Gasteiger partial charge in [0.25, 0.3) is 10.0 Å². The minimum Gasteiger partial charge on any atom is -0.493 e. The van der Waals surface area contributed by atoms with Crippen LogP contribution in [0.5, 0.6) is 11.5 Å². The third kappa shape index (κ3) is 4.40. The Balaban J connectivity index is 1.74. The molecule has 0 amide bonds. The number of benzene rings is 1. The maximum absolute atomic E-state index is 12.6. The third-order valence-corrected chi connectivity index (χ3v) is 5.73. The molecule has 1 aliphatic heterocycles. The number of anilines is 2. The van der Waals surface area contributed by atoms with E-state index in [1.54, 1.807) is 12.1 Å². The first-order valence-corrected chi connectivity index (χ1v) is 9.93. The Hall–Kier alpha value is -2.59. The van der Waals surface area contributed by atoms with Gasteiger partial charge in [0.1, 0.15) is 0 Å². The molecule has 10 heteroatoms. The Kier molecular flexibility index (Phi) is 5.66. The molecule has 0 aliphatic carbocycles. The van der Waals surface area contributed by atoms with E-state index in [-0.39, 0.29) is 10.7 Å². The Labute approximate surface area is 159 Å². The Morgan fingerprint density at radius 1 is 0.963 bits per heavy atom. The number of ether oxygens (including phenoxy) is 2. The van der Waals surface area contributed by atoms with Gasteiger partial charge in [0.15, 0.2) is 23.1 Å². The highest BCUT2D eigenvalue weighted by molar-refractivity contribution is 7.92. The number of nitrogens with one attached hydrogen (secondary N) is 1. The summed E-state index contributed by atoms with van der Waals surface area (Å²) in [6, 6.07) is 7.75. The van der Waals surface area contributed by atoms with Crippen molar-refractivity contribution in [1.29, 1.82) is 0 Å². The first kappa shape index (κ1) is 19.2. The first-order chi connectivity index (χ1) is 12.9. The molecule has 1 aromatic carbocycles. The second-order valence-electron chi connectivity index (χ2n) is 6.19. The maximum Gasteiger partial charge on any atom is 0.263 e. The van der Waals surface area contributed by atoms with Crippen molar-refractivity contribution in [3.63, 3.8) is 0 Å². The molecule has 0 saturated carbocycles. The number of nitrogens with zero attached hydrogens (tertiary/aromatic N) is 4. The molecule has 2 aromatic rings. The van der Waals surface area contributed by atoms with Crippen molar-refractivity contribution in [2.75, 3.05) is 57.1 Å². The highest BCUT2D eigenvalue weighted by Crippen LogP contribution is 2.30. The standard InChI is InChI=1S/C17H23N5O4S/c1-21-8-10-22(11-9-21)17-7-6-16(18-19-17)20-27(23,24)13-4-5-14(25-2)15(12-13)26-3/h4-7,12H,8-11H2,1-3H3,(H,18,20). The molecule has 1 fully saturated rings. The molecule has 9 nitrogen and oxygen atoms in total. The SMILES string of the molecule is COc1ccc(S(=O)(=O)Nc2ccc(N3CCN(C)CC3)nn2)cc1OC. The van der Waals surface area contributed by atoms with Gasteiger partial charge in [-0.25, -0.2) is 8.42 Å². The van der Waals surface area contributed by atoms with E-state index in [0.717, 1.165) is 32.0 Å². The Morgan fingerprint density at radius 3 is 2.26 bits per heavy atom. The lowest BCUT2D eigenvalue weighted by molar-refractivity contribution is 0.312. The fourth-order valence-electron chi connectivity index (χ4n) is 2.76. The highest BCUT2D eigenvalue weighted by atomic mass is 32.2. The zero-order valence-corrected chi connectivity index (χ0v) is 16.4. The number of methoxy groups -OCH3 is 2. The quantitative estimate of drug-likeness (QED) is 0.778. The van der Waals surface area contributed by atoms with Crippen LogP contribution in [0.15, 0.2) is 35.2 Å². The fraction of sp³-hybridized carbons (Fsp3) is 0.412. The topological polar surface area (TPSA) is 96.9 Å². The third-order valence-electron chi connectivity index (χ3n) is 4.38. The van der Waals surface area contributed by atoms with E-state index in [2.05, 4.69) is 31.8 Å². The van der Waals surface area contributed by atoms with E-state index in [1.165, 1.54) is 32.4 Å². The van der Waals surface area contributed by atoms with Gasteiger partial charge in [-0.05, 0) is 31.3 Å². The van der Waals surface area contributed by atoms with E-state index in [4.69, 9.17) is 9.47 Å². The fourth-order valence-corrected chi connectivity index (χ4v) is 3.78. The van der Waals surface area contributed by atoms with Gasteiger partial charge >= 0.3 is 0 Å². The van der Waals surface area contributed by atoms with E-state index in [1.807, 2.05) is 0 Å². The molecular weight excluding hydrogens is 370 g/mol. The smallest absolute Gasteiger partial charge is 0.263 e. The molecule has 1 aliphatic rings. The van der Waals surface area contributed by atoms with Crippen LogP contribution in [0.2, 0.25) is 0 Å². The summed E-state index contributed by atoms with van der Waals surface area (Å²) < 4.78 is 37.9. The van der Waals surface area contributed by atoms with Gasteiger partial charge in [0.05, 0.1) is 19.1 Å². The highest BCUT2D eigenvalue weighted by Gasteiger charge is 2.19. The molecule has 1 saturated heterocycles. The van der Waals surface area contributed by atoms with Crippen LogP contribution in [0.25, 0.3) is 0 Å². The van der Waals surface area contributed by atoms with E-state index < -0.39 is 10.0 Å². The normalized spacial score (nSPS) is 15.4. The molecule has 0 atom stereocenters. The summed E-state index contributed by atoms with van der Waals surface area (Å²) in [4.78, 5) is 4.42. The molecule has 0 spiro atoms. The zero-order chi connectivity index (χ0) is 19.4. The lowest BCUT2D eigenvalue weighted by atomic mass is 10.3. The van der Waals surface area contributed by atoms with Crippen LogP contribution in [-0.2, 0) is 10.0 Å². The van der Waals surface area contributed by atoms with Crippen molar-refractivity contribution >= 4 is 21.7 Å². The lowest BCUT2D eigenvalue weighted by Gasteiger charge is -2.32. The Morgan fingerprint density at radius 2 is 1.67 bits per heavy atom. The van der Waals surface area contributed by atoms with Crippen molar-refractivity contribution in [2.24, 2.45) is 0 Å². The number of sulfonamides is 1. The van der Waals surface area contributed by atoms with Crippen LogP contribution in [0.1, 0.15) is 0 Å². The average molecular weight is 393 g/mol. The van der Waals surface area contributed by atoms with Crippen LogP contribution < -0.4 is 19.1 Å². The number of rotatable bonds is 6. The van der Waals surface area contributed by atoms with Gasteiger partial charge in [-0.2, -0.15) is 0 Å². The molecule has 2 heterocycles. The van der Waals surface area contributed by atoms with Gasteiger partial charge in [-0.3, -0.25) is 4.72 Å². The summed E-state index contributed by atoms with van der Waals surface area (Å²) in [6.07, 6.45) is 0. The minimum absolute atomic E-state index is 0.0464. The van der Waals surface area contributed by atoms with Crippen LogP contribution in [0.3, 0.4) is 0 Å². The summed E-state index contributed by atoms with van der Waals surface area (Å²) >= 11 is 0. The molecule has 27 heavy (non-hydrogen) atoms. The van der Waals surface area contributed by atoms with Gasteiger partial charge in [-0.1, -0.05) is 0 Å². The summed E-state index contributed by atoms with van der Waals surface area (Å²) in [5, 5.41) is 8.16. The van der Waals surface area contributed by atoms with Crippen LogP contribution in [-0.4, -0.2) is 71.0 Å². The van der Waals surface area contributed by atoms with Gasteiger partial charge in [0, 0.05) is 32.2 Å². The zero-order valence-electron chi connectivity index (χ0n) is 15.5. The van der Waals surface area contributed by atoms with Crippen molar-refractivity contribution in [3.8, 4) is 11.5 Å². The number of likely N-dealkylation sites (N-methyl/N-ethyl adjacent to an activating group) is 1. The van der Waals surface area contributed by atoms with E-state index >= 15 is 0 Å². The molecule has 3 rings (SSSR count). The van der Waals surface area contributed by atoms with Crippen molar-refractivity contribution in [1.82, 2.24) is 15.1 Å². The predicted octanol–water partition coefficient (Wildman–Crippen LogP) is 1.05. The molecule has 0 bridgehead atoms. The molecule has 0 unspecified atom stereocenters. The number of piperazine rings is 1. The molecule has 1 aromatic heterocycles.